The van der Waals surface area contributed by atoms with E-state index in [0.717, 1.165) is 22.7 Å². The zero-order chi connectivity index (χ0) is 41.9. The molecule has 296 valence electrons. The van der Waals surface area contributed by atoms with Crippen molar-refractivity contribution in [2.75, 3.05) is 4.90 Å². The molecule has 1 heterocycles. The van der Waals surface area contributed by atoms with E-state index in [1.807, 2.05) is 0 Å². The molecule has 0 atom stereocenters. The first kappa shape index (κ1) is 35.2. The van der Waals surface area contributed by atoms with Gasteiger partial charge in [0.15, 0.2) is 0 Å². The van der Waals surface area contributed by atoms with Crippen molar-refractivity contribution in [2.45, 2.75) is 0 Å². The molecule has 13 aromatic carbocycles. The van der Waals surface area contributed by atoms with E-state index in [1.54, 1.807) is 0 Å². The van der Waals surface area contributed by atoms with E-state index in [-0.39, 0.29) is 0 Å². The number of para-hydroxylation sites is 2. The van der Waals surface area contributed by atoms with Gasteiger partial charge in [0, 0.05) is 27.8 Å². The Balaban J connectivity index is 1.11. The van der Waals surface area contributed by atoms with Crippen LogP contribution in [0, 0.1) is 0 Å². The van der Waals surface area contributed by atoms with Crippen molar-refractivity contribution in [1.82, 2.24) is 4.57 Å². The maximum atomic E-state index is 2.51. The van der Waals surface area contributed by atoms with Crippen molar-refractivity contribution in [3.05, 3.63) is 231 Å². The van der Waals surface area contributed by atoms with E-state index in [4.69, 9.17) is 0 Å². The van der Waals surface area contributed by atoms with Crippen LogP contribution in [0.3, 0.4) is 0 Å². The van der Waals surface area contributed by atoms with Gasteiger partial charge >= 0.3 is 0 Å². The molecule has 0 aliphatic heterocycles. The maximum absolute atomic E-state index is 2.51. The molecule has 0 spiro atoms. The van der Waals surface area contributed by atoms with Crippen molar-refractivity contribution < 1.29 is 0 Å². The van der Waals surface area contributed by atoms with Crippen LogP contribution in [0.2, 0.25) is 0 Å². The van der Waals surface area contributed by atoms with Gasteiger partial charge in [-0.3, -0.25) is 0 Å². The van der Waals surface area contributed by atoms with Gasteiger partial charge < -0.3 is 9.47 Å². The third kappa shape index (κ3) is 5.08. The number of rotatable bonds is 5. The SMILES string of the molecule is c1ccc(-n2c3ccccc3c3c(N(c4ccc(-c5ccc6ccccc6c5)cc4)c4cc5ccc6cccc7c8cccc9ccc%10cccc(c(c4)c5c67)c%10c98)cccc32)cc1. The summed E-state index contributed by atoms with van der Waals surface area (Å²) in [4.78, 5) is 2.51. The predicted molar refractivity (Wildman–Crippen MR) is 275 cm³/mol. The van der Waals surface area contributed by atoms with Crippen molar-refractivity contribution in [3.63, 3.8) is 0 Å². The Morgan fingerprint density at radius 3 is 1.50 bits per heavy atom. The summed E-state index contributed by atoms with van der Waals surface area (Å²) in [5.41, 5.74) is 9.22. The molecule has 0 aliphatic rings. The minimum absolute atomic E-state index is 1.10. The first-order valence-electron chi connectivity index (χ1n) is 22.2. The fourth-order valence-corrected chi connectivity index (χ4v) is 11.0. The average Bonchev–Trinajstić information content (AvgIpc) is 3.70. The van der Waals surface area contributed by atoms with Gasteiger partial charge in [-0.25, -0.2) is 0 Å². The lowest BCUT2D eigenvalue weighted by atomic mass is 9.87. The first-order valence-corrected chi connectivity index (χ1v) is 22.2. The van der Waals surface area contributed by atoms with Crippen LogP contribution in [0.15, 0.2) is 231 Å². The van der Waals surface area contributed by atoms with Crippen molar-refractivity contribution in [3.8, 4) is 16.8 Å². The van der Waals surface area contributed by atoms with Gasteiger partial charge in [0.25, 0.3) is 0 Å². The summed E-state index contributed by atoms with van der Waals surface area (Å²) in [5, 5.41) is 20.2. The lowest BCUT2D eigenvalue weighted by Crippen LogP contribution is -2.10. The van der Waals surface area contributed by atoms with Crippen LogP contribution in [-0.2, 0) is 0 Å². The van der Waals surface area contributed by atoms with E-state index < -0.39 is 0 Å². The summed E-state index contributed by atoms with van der Waals surface area (Å²) in [6.45, 7) is 0. The van der Waals surface area contributed by atoms with E-state index >= 15 is 0 Å². The van der Waals surface area contributed by atoms with Gasteiger partial charge in [-0.15, -0.1) is 0 Å². The van der Waals surface area contributed by atoms with Crippen LogP contribution < -0.4 is 4.90 Å². The van der Waals surface area contributed by atoms with Crippen LogP contribution in [-0.4, -0.2) is 4.57 Å². The predicted octanol–water partition coefficient (Wildman–Crippen LogP) is 17.4. The monoisotopic (exact) mass is 810 g/mol. The second-order valence-corrected chi connectivity index (χ2v) is 17.2. The third-order valence-electron chi connectivity index (χ3n) is 13.8. The number of anilines is 3. The second kappa shape index (κ2) is 13.5. The Hall–Kier alpha value is -8.46. The van der Waals surface area contributed by atoms with Crippen LogP contribution in [0.5, 0.6) is 0 Å². The van der Waals surface area contributed by atoms with Crippen LogP contribution in [0.1, 0.15) is 0 Å². The molecule has 64 heavy (non-hydrogen) atoms. The summed E-state index contributed by atoms with van der Waals surface area (Å²) in [6.07, 6.45) is 0. The van der Waals surface area contributed by atoms with Gasteiger partial charge in [0.05, 0.1) is 16.7 Å². The topological polar surface area (TPSA) is 8.17 Å². The molecule has 1 aromatic heterocycles. The highest BCUT2D eigenvalue weighted by molar-refractivity contribution is 6.37. The first-order chi connectivity index (χ1) is 31.7. The van der Waals surface area contributed by atoms with Crippen molar-refractivity contribution >= 4 is 114 Å². The van der Waals surface area contributed by atoms with Gasteiger partial charge in [-0.2, -0.15) is 0 Å². The van der Waals surface area contributed by atoms with Gasteiger partial charge in [-0.1, -0.05) is 170 Å². The van der Waals surface area contributed by atoms with E-state index in [2.05, 4.69) is 240 Å². The number of hydrogen-bond donors (Lipinski definition) is 0. The van der Waals surface area contributed by atoms with Gasteiger partial charge in [0.1, 0.15) is 0 Å². The molecule has 0 saturated carbocycles. The number of aromatic nitrogens is 1. The zero-order valence-electron chi connectivity index (χ0n) is 34.8. The summed E-state index contributed by atoms with van der Waals surface area (Å²) in [5.74, 6) is 0. The Labute approximate surface area is 369 Å². The number of benzene rings is 12. The fraction of sp³-hybridized carbons (Fsp3) is 0. The minimum atomic E-state index is 1.10. The molecule has 2 nitrogen and oxygen atoms in total. The lowest BCUT2D eigenvalue weighted by molar-refractivity contribution is 1.18. The third-order valence-corrected chi connectivity index (χ3v) is 13.8. The fourth-order valence-electron chi connectivity index (χ4n) is 11.0. The molecule has 14 aromatic rings. The molecule has 0 radical (unpaired) electrons. The van der Waals surface area contributed by atoms with E-state index in [1.165, 1.54) is 108 Å². The minimum Gasteiger partial charge on any atom is -0.310 e. The molecule has 0 amide bonds. The highest BCUT2D eigenvalue weighted by Gasteiger charge is 2.23. The summed E-state index contributed by atoms with van der Waals surface area (Å²) >= 11 is 0. The second-order valence-electron chi connectivity index (χ2n) is 17.2. The van der Waals surface area contributed by atoms with Crippen LogP contribution in [0.25, 0.3) is 114 Å². The number of nitrogens with zero attached hydrogens (tertiary/aromatic N) is 2. The zero-order valence-corrected chi connectivity index (χ0v) is 34.8. The van der Waals surface area contributed by atoms with Gasteiger partial charge in [-0.05, 0) is 147 Å². The molecule has 0 fully saturated rings. The molecule has 2 heteroatoms. The largest absolute Gasteiger partial charge is 0.310 e. The highest BCUT2D eigenvalue weighted by Crippen LogP contribution is 2.48. The Bertz CT molecular complexity index is 4170. The normalized spacial score (nSPS) is 12.1. The average molecular weight is 811 g/mol. The summed E-state index contributed by atoms with van der Waals surface area (Å²) in [6, 6.07) is 85.7. The number of hydrogen-bond acceptors (Lipinski definition) is 1. The highest BCUT2D eigenvalue weighted by atomic mass is 15.1. The Kier molecular flexibility index (Phi) is 7.43. The molecule has 0 saturated heterocycles. The lowest BCUT2D eigenvalue weighted by Gasteiger charge is -2.28. The molecule has 0 bridgehead atoms. The number of fused-ring (bicyclic) bond motifs is 6. The standard InChI is InChI=1S/C62H38N2/c1-2-17-47(18-3-1)64-55-23-7-6-19-53(55)62-56(24-11-25-57(62)64)63(48-34-32-40(33-35-48)45-30-26-39-12-4-5-13-44(39)36-45)49-37-46-31-29-43-15-9-21-51-50-20-8-14-41-27-28-42-16-10-22-52(60(42)58(41)50)54(38-49)61(46)59(43)51/h1-38H. The molecule has 0 N–H and O–H groups in total. The molecular weight excluding hydrogens is 773 g/mol. The van der Waals surface area contributed by atoms with Crippen LogP contribution >= 0.6 is 0 Å². The molecular formula is C62H38N2. The smallest absolute Gasteiger partial charge is 0.0562 e. The summed E-state index contributed by atoms with van der Waals surface area (Å²) in [7, 11) is 0. The molecule has 0 unspecified atom stereocenters. The van der Waals surface area contributed by atoms with E-state index in [0.29, 0.717) is 0 Å². The molecule has 14 rings (SSSR count). The quantitative estimate of drug-likeness (QED) is 0.157. The van der Waals surface area contributed by atoms with Crippen molar-refractivity contribution in [1.29, 1.82) is 0 Å². The van der Waals surface area contributed by atoms with E-state index in [9.17, 15) is 0 Å². The Morgan fingerprint density at radius 1 is 0.266 bits per heavy atom. The Morgan fingerprint density at radius 2 is 0.781 bits per heavy atom. The summed E-state index contributed by atoms with van der Waals surface area (Å²) < 4.78 is 2.42. The van der Waals surface area contributed by atoms with Crippen molar-refractivity contribution in [2.24, 2.45) is 0 Å². The van der Waals surface area contributed by atoms with Gasteiger partial charge in [0.2, 0.25) is 0 Å². The molecule has 0 aliphatic carbocycles. The van der Waals surface area contributed by atoms with Crippen LogP contribution in [0.4, 0.5) is 17.1 Å². The maximum Gasteiger partial charge on any atom is 0.0562 e.